The highest BCUT2D eigenvalue weighted by atomic mass is 16.1. The number of aromatic amines is 1. The van der Waals surface area contributed by atoms with Gasteiger partial charge < -0.3 is 16.5 Å². The van der Waals surface area contributed by atoms with Crippen molar-refractivity contribution in [1.82, 2.24) is 9.97 Å². The Morgan fingerprint density at radius 1 is 1.44 bits per heavy atom. The van der Waals surface area contributed by atoms with E-state index >= 15 is 0 Å². The van der Waals surface area contributed by atoms with Gasteiger partial charge in [0.15, 0.2) is 0 Å². The standard InChI is InChI=1S/C11H14N4O/c1-11(2,13)10-14-7-5-3-4-6(9(12)16)8(7)15-10/h3-5H,13H2,1-2H3,(H2,12,16)(H,14,15). The van der Waals surface area contributed by atoms with Crippen molar-refractivity contribution in [3.63, 3.8) is 0 Å². The van der Waals surface area contributed by atoms with E-state index < -0.39 is 11.4 Å². The van der Waals surface area contributed by atoms with Crippen LogP contribution >= 0.6 is 0 Å². The van der Waals surface area contributed by atoms with E-state index in [1.807, 2.05) is 19.9 Å². The van der Waals surface area contributed by atoms with Crippen LogP contribution in [0, 0.1) is 0 Å². The molecule has 5 N–H and O–H groups in total. The van der Waals surface area contributed by atoms with Gasteiger partial charge in [-0.1, -0.05) is 6.07 Å². The SMILES string of the molecule is CC(C)(N)c1nc2c(C(N)=O)cccc2[nH]1. The Hall–Kier alpha value is -1.88. The molecule has 1 amide bonds. The minimum absolute atomic E-state index is 0.407. The molecule has 2 rings (SSSR count). The molecule has 1 aromatic carbocycles. The Balaban J connectivity index is 2.71. The molecule has 5 nitrogen and oxygen atoms in total. The van der Waals surface area contributed by atoms with Gasteiger partial charge in [0.1, 0.15) is 11.3 Å². The number of hydrogen-bond donors (Lipinski definition) is 3. The maximum atomic E-state index is 11.2. The summed E-state index contributed by atoms with van der Waals surface area (Å²) in [7, 11) is 0. The molecule has 0 aliphatic heterocycles. The topological polar surface area (TPSA) is 97.8 Å². The average Bonchev–Trinajstić information content (AvgIpc) is 2.59. The van der Waals surface area contributed by atoms with Crippen LogP contribution in [0.15, 0.2) is 18.2 Å². The van der Waals surface area contributed by atoms with Crippen LogP contribution in [0.4, 0.5) is 0 Å². The smallest absolute Gasteiger partial charge is 0.250 e. The number of benzene rings is 1. The highest BCUT2D eigenvalue weighted by Gasteiger charge is 2.20. The first-order valence-electron chi connectivity index (χ1n) is 4.97. The number of nitrogens with zero attached hydrogens (tertiary/aromatic N) is 1. The van der Waals surface area contributed by atoms with E-state index in [4.69, 9.17) is 11.5 Å². The molecule has 16 heavy (non-hydrogen) atoms. The van der Waals surface area contributed by atoms with Crippen molar-refractivity contribution in [2.24, 2.45) is 11.5 Å². The second-order valence-electron chi connectivity index (χ2n) is 4.37. The predicted molar refractivity (Wildman–Crippen MR) is 61.8 cm³/mol. The second kappa shape index (κ2) is 3.31. The number of nitrogens with one attached hydrogen (secondary N) is 1. The fourth-order valence-corrected chi connectivity index (χ4v) is 1.54. The highest BCUT2D eigenvalue weighted by molar-refractivity contribution is 6.04. The summed E-state index contributed by atoms with van der Waals surface area (Å²) in [5.74, 6) is 0.148. The molecular weight excluding hydrogens is 204 g/mol. The number of carbonyl (C=O) groups is 1. The van der Waals surface area contributed by atoms with Gasteiger partial charge in [-0.15, -0.1) is 0 Å². The molecule has 1 aromatic heterocycles. The Bertz CT molecular complexity index is 551. The number of hydrogen-bond acceptors (Lipinski definition) is 3. The summed E-state index contributed by atoms with van der Waals surface area (Å²) in [5.41, 5.74) is 12.4. The summed E-state index contributed by atoms with van der Waals surface area (Å²) < 4.78 is 0. The van der Waals surface area contributed by atoms with Crippen LogP contribution in [-0.2, 0) is 5.54 Å². The third-order valence-electron chi connectivity index (χ3n) is 2.39. The van der Waals surface area contributed by atoms with E-state index in [-0.39, 0.29) is 0 Å². The minimum Gasteiger partial charge on any atom is -0.366 e. The maximum absolute atomic E-state index is 11.2. The van der Waals surface area contributed by atoms with E-state index in [9.17, 15) is 4.79 Å². The van der Waals surface area contributed by atoms with E-state index in [0.717, 1.165) is 5.52 Å². The number of carbonyl (C=O) groups excluding carboxylic acids is 1. The summed E-state index contributed by atoms with van der Waals surface area (Å²) in [4.78, 5) is 18.6. The number of amides is 1. The molecule has 0 unspecified atom stereocenters. The summed E-state index contributed by atoms with van der Waals surface area (Å²) in [5, 5.41) is 0. The molecule has 0 saturated heterocycles. The molecule has 5 heteroatoms. The van der Waals surface area contributed by atoms with Crippen LogP contribution in [0.3, 0.4) is 0 Å². The van der Waals surface area contributed by atoms with Crippen LogP contribution in [0.5, 0.6) is 0 Å². The second-order valence-corrected chi connectivity index (χ2v) is 4.37. The van der Waals surface area contributed by atoms with Gasteiger partial charge in [-0.2, -0.15) is 0 Å². The third-order valence-corrected chi connectivity index (χ3v) is 2.39. The van der Waals surface area contributed by atoms with E-state index in [1.165, 1.54) is 0 Å². The number of imidazole rings is 1. The number of aromatic nitrogens is 2. The zero-order valence-corrected chi connectivity index (χ0v) is 9.24. The number of para-hydroxylation sites is 1. The van der Waals surface area contributed by atoms with Gasteiger partial charge in [0.05, 0.1) is 16.6 Å². The first kappa shape index (κ1) is 10.6. The molecule has 0 bridgehead atoms. The van der Waals surface area contributed by atoms with Crippen LogP contribution in [-0.4, -0.2) is 15.9 Å². The number of H-pyrrole nitrogens is 1. The number of nitrogens with two attached hydrogens (primary N) is 2. The van der Waals surface area contributed by atoms with Crippen LogP contribution in [0.25, 0.3) is 11.0 Å². The van der Waals surface area contributed by atoms with Crippen molar-refractivity contribution in [3.8, 4) is 0 Å². The molecule has 0 fully saturated rings. The Labute approximate surface area is 92.8 Å². The normalized spacial score (nSPS) is 11.9. The summed E-state index contributed by atoms with van der Waals surface area (Å²) in [6, 6.07) is 5.25. The molecule has 1 heterocycles. The lowest BCUT2D eigenvalue weighted by molar-refractivity contribution is 0.100. The minimum atomic E-state index is -0.575. The molecule has 0 radical (unpaired) electrons. The zero-order chi connectivity index (χ0) is 11.9. The lowest BCUT2D eigenvalue weighted by atomic mass is 10.1. The van der Waals surface area contributed by atoms with Crippen LogP contribution in [0.1, 0.15) is 30.0 Å². The van der Waals surface area contributed by atoms with Crippen molar-refractivity contribution in [3.05, 3.63) is 29.6 Å². The van der Waals surface area contributed by atoms with Crippen LogP contribution < -0.4 is 11.5 Å². The van der Waals surface area contributed by atoms with Crippen molar-refractivity contribution in [2.45, 2.75) is 19.4 Å². The number of rotatable bonds is 2. The van der Waals surface area contributed by atoms with Gasteiger partial charge in [-0.3, -0.25) is 4.79 Å². The summed E-state index contributed by atoms with van der Waals surface area (Å²) in [6.45, 7) is 3.68. The molecule has 0 spiro atoms. The summed E-state index contributed by atoms with van der Waals surface area (Å²) >= 11 is 0. The van der Waals surface area contributed by atoms with E-state index in [2.05, 4.69) is 9.97 Å². The Morgan fingerprint density at radius 3 is 2.69 bits per heavy atom. The van der Waals surface area contributed by atoms with Gasteiger partial charge in [0, 0.05) is 0 Å². The lowest BCUT2D eigenvalue weighted by Crippen LogP contribution is -2.30. The Kier molecular flexibility index (Phi) is 2.20. The molecule has 0 aliphatic rings. The zero-order valence-electron chi connectivity index (χ0n) is 9.24. The largest absolute Gasteiger partial charge is 0.366 e. The van der Waals surface area contributed by atoms with Crippen molar-refractivity contribution in [1.29, 1.82) is 0 Å². The number of primary amides is 1. The highest BCUT2D eigenvalue weighted by Crippen LogP contribution is 2.21. The van der Waals surface area contributed by atoms with Crippen molar-refractivity contribution >= 4 is 16.9 Å². The van der Waals surface area contributed by atoms with Crippen molar-refractivity contribution in [2.75, 3.05) is 0 Å². The number of fused-ring (bicyclic) bond motifs is 1. The maximum Gasteiger partial charge on any atom is 0.250 e. The molecule has 84 valence electrons. The molecule has 2 aromatic rings. The lowest BCUT2D eigenvalue weighted by Gasteiger charge is -2.14. The fourth-order valence-electron chi connectivity index (χ4n) is 1.54. The van der Waals surface area contributed by atoms with Gasteiger partial charge in [0.2, 0.25) is 0 Å². The molecule has 0 saturated carbocycles. The first-order chi connectivity index (χ1) is 7.39. The van der Waals surface area contributed by atoms with Gasteiger partial charge in [-0.05, 0) is 26.0 Å². The quantitative estimate of drug-likeness (QED) is 0.697. The van der Waals surface area contributed by atoms with Gasteiger partial charge >= 0.3 is 0 Å². The van der Waals surface area contributed by atoms with Crippen LogP contribution in [0.2, 0.25) is 0 Å². The summed E-state index contributed by atoms with van der Waals surface area (Å²) in [6.07, 6.45) is 0. The average molecular weight is 218 g/mol. The third kappa shape index (κ3) is 1.65. The Morgan fingerprint density at radius 2 is 2.12 bits per heavy atom. The molecule has 0 atom stereocenters. The monoisotopic (exact) mass is 218 g/mol. The predicted octanol–water partition coefficient (Wildman–Crippen LogP) is 0.856. The fraction of sp³-hybridized carbons (Fsp3) is 0.273. The van der Waals surface area contributed by atoms with E-state index in [1.54, 1.807) is 12.1 Å². The van der Waals surface area contributed by atoms with Crippen molar-refractivity contribution < 1.29 is 4.79 Å². The molecule has 0 aliphatic carbocycles. The van der Waals surface area contributed by atoms with Gasteiger partial charge in [-0.25, -0.2) is 4.98 Å². The van der Waals surface area contributed by atoms with E-state index in [0.29, 0.717) is 16.9 Å². The molecular formula is C11H14N4O. The first-order valence-corrected chi connectivity index (χ1v) is 4.97. The van der Waals surface area contributed by atoms with Gasteiger partial charge in [0.25, 0.3) is 5.91 Å².